The molecule has 0 aromatic carbocycles. The molecule has 0 aliphatic carbocycles. The van der Waals surface area contributed by atoms with Crippen molar-refractivity contribution >= 4 is 5.91 Å². The third-order valence-corrected chi connectivity index (χ3v) is 2.78. The van der Waals surface area contributed by atoms with E-state index in [1.807, 2.05) is 12.1 Å². The Bertz CT molecular complexity index is 333. The molecule has 1 aliphatic rings. The SMILES string of the molecule is NC(=O)[C@@H](c1cccnc1)N1CCCC1. The number of carbonyl (C=O) groups excluding carboxylic acids is 1. The van der Waals surface area contributed by atoms with Crippen molar-refractivity contribution in [3.8, 4) is 0 Å². The summed E-state index contributed by atoms with van der Waals surface area (Å²) < 4.78 is 0. The molecule has 1 aliphatic heterocycles. The molecule has 80 valence electrons. The van der Waals surface area contributed by atoms with Crippen molar-refractivity contribution in [3.63, 3.8) is 0 Å². The minimum Gasteiger partial charge on any atom is -0.368 e. The first-order valence-electron chi connectivity index (χ1n) is 5.22. The highest BCUT2D eigenvalue weighted by Gasteiger charge is 2.27. The summed E-state index contributed by atoms with van der Waals surface area (Å²) >= 11 is 0. The van der Waals surface area contributed by atoms with Gasteiger partial charge in [-0.25, -0.2) is 0 Å². The molecule has 1 atom stereocenters. The number of pyridine rings is 1. The third kappa shape index (κ3) is 2.15. The van der Waals surface area contributed by atoms with Gasteiger partial charge in [-0.15, -0.1) is 0 Å². The van der Waals surface area contributed by atoms with Crippen LogP contribution in [0.4, 0.5) is 0 Å². The van der Waals surface area contributed by atoms with E-state index in [0.29, 0.717) is 0 Å². The van der Waals surface area contributed by atoms with Crippen LogP contribution in [0.15, 0.2) is 24.5 Å². The summed E-state index contributed by atoms with van der Waals surface area (Å²) in [5.74, 6) is -0.287. The predicted molar refractivity (Wildman–Crippen MR) is 57.0 cm³/mol. The molecule has 1 amide bonds. The van der Waals surface area contributed by atoms with Crippen LogP contribution in [0.3, 0.4) is 0 Å². The first-order valence-corrected chi connectivity index (χ1v) is 5.22. The zero-order valence-corrected chi connectivity index (χ0v) is 8.60. The number of amides is 1. The average Bonchev–Trinajstić information content (AvgIpc) is 2.72. The molecule has 0 saturated carbocycles. The van der Waals surface area contributed by atoms with Gasteiger partial charge in [0.15, 0.2) is 0 Å². The zero-order chi connectivity index (χ0) is 10.7. The van der Waals surface area contributed by atoms with E-state index in [-0.39, 0.29) is 11.9 Å². The molecule has 1 aromatic rings. The fraction of sp³-hybridized carbons (Fsp3) is 0.455. The standard InChI is InChI=1S/C11H15N3O/c12-11(15)10(14-6-1-2-7-14)9-4-3-5-13-8-9/h3-5,8,10H,1-2,6-7H2,(H2,12,15)/t10-/m1/s1. The zero-order valence-electron chi connectivity index (χ0n) is 8.60. The van der Waals surface area contributed by atoms with E-state index in [9.17, 15) is 4.79 Å². The second-order valence-corrected chi connectivity index (χ2v) is 3.83. The number of carbonyl (C=O) groups is 1. The molecular formula is C11H15N3O. The molecule has 0 bridgehead atoms. The highest BCUT2D eigenvalue weighted by atomic mass is 16.1. The molecule has 1 aromatic heterocycles. The Labute approximate surface area is 89.1 Å². The minimum atomic E-state index is -0.304. The Balaban J connectivity index is 2.23. The highest BCUT2D eigenvalue weighted by molar-refractivity contribution is 5.81. The second kappa shape index (κ2) is 4.40. The number of rotatable bonds is 3. The summed E-state index contributed by atoms with van der Waals surface area (Å²) in [7, 11) is 0. The smallest absolute Gasteiger partial charge is 0.239 e. The Morgan fingerprint density at radius 1 is 1.47 bits per heavy atom. The average molecular weight is 205 g/mol. The van der Waals surface area contributed by atoms with E-state index < -0.39 is 0 Å². The van der Waals surface area contributed by atoms with Crippen LogP contribution >= 0.6 is 0 Å². The Kier molecular flexibility index (Phi) is 2.97. The van der Waals surface area contributed by atoms with Gasteiger partial charge >= 0.3 is 0 Å². The lowest BCUT2D eigenvalue weighted by Crippen LogP contribution is -2.36. The van der Waals surface area contributed by atoms with Gasteiger partial charge in [-0.05, 0) is 37.6 Å². The highest BCUT2D eigenvalue weighted by Crippen LogP contribution is 2.23. The maximum absolute atomic E-state index is 11.4. The van der Waals surface area contributed by atoms with E-state index in [4.69, 9.17) is 5.73 Å². The summed E-state index contributed by atoms with van der Waals surface area (Å²) in [6.45, 7) is 1.89. The third-order valence-electron chi connectivity index (χ3n) is 2.78. The maximum atomic E-state index is 11.4. The van der Waals surface area contributed by atoms with E-state index in [1.54, 1.807) is 12.4 Å². The molecule has 2 N–H and O–H groups in total. The first kappa shape index (κ1) is 10.1. The van der Waals surface area contributed by atoms with Crippen molar-refractivity contribution in [2.24, 2.45) is 5.73 Å². The number of likely N-dealkylation sites (tertiary alicyclic amines) is 1. The van der Waals surface area contributed by atoms with Crippen LogP contribution in [0.1, 0.15) is 24.4 Å². The Morgan fingerprint density at radius 3 is 2.73 bits per heavy atom. The van der Waals surface area contributed by atoms with Crippen molar-refractivity contribution < 1.29 is 4.79 Å². The van der Waals surface area contributed by atoms with Crippen LogP contribution in [0, 0.1) is 0 Å². The Morgan fingerprint density at radius 2 is 2.20 bits per heavy atom. The van der Waals surface area contributed by atoms with Gasteiger partial charge in [0, 0.05) is 12.4 Å². The number of hydrogen-bond donors (Lipinski definition) is 1. The summed E-state index contributed by atoms with van der Waals surface area (Å²) in [4.78, 5) is 17.6. The summed E-state index contributed by atoms with van der Waals surface area (Å²) in [6, 6.07) is 3.43. The number of aromatic nitrogens is 1. The largest absolute Gasteiger partial charge is 0.368 e. The fourth-order valence-electron chi connectivity index (χ4n) is 2.09. The molecule has 0 spiro atoms. The van der Waals surface area contributed by atoms with Gasteiger partial charge < -0.3 is 5.73 Å². The van der Waals surface area contributed by atoms with Crippen LogP contribution in [0.2, 0.25) is 0 Å². The van der Waals surface area contributed by atoms with Crippen molar-refractivity contribution in [2.45, 2.75) is 18.9 Å². The molecule has 0 radical (unpaired) electrons. The predicted octanol–water partition coefficient (Wildman–Crippen LogP) is 0.704. The Hall–Kier alpha value is -1.42. The molecule has 1 fully saturated rings. The van der Waals surface area contributed by atoms with Gasteiger partial charge in [-0.2, -0.15) is 0 Å². The summed E-state index contributed by atoms with van der Waals surface area (Å²) in [5.41, 5.74) is 6.34. The number of nitrogens with two attached hydrogens (primary N) is 1. The molecule has 4 heteroatoms. The van der Waals surface area contributed by atoms with E-state index in [2.05, 4.69) is 9.88 Å². The van der Waals surface area contributed by atoms with Gasteiger partial charge in [0.05, 0.1) is 0 Å². The number of hydrogen-bond acceptors (Lipinski definition) is 3. The summed E-state index contributed by atoms with van der Waals surface area (Å²) in [5, 5.41) is 0. The fourth-order valence-corrected chi connectivity index (χ4v) is 2.09. The van der Waals surface area contributed by atoms with Crippen LogP contribution in [0.5, 0.6) is 0 Å². The van der Waals surface area contributed by atoms with Crippen molar-refractivity contribution in [2.75, 3.05) is 13.1 Å². The second-order valence-electron chi connectivity index (χ2n) is 3.83. The van der Waals surface area contributed by atoms with E-state index in [0.717, 1.165) is 31.5 Å². The lowest BCUT2D eigenvalue weighted by molar-refractivity contribution is -0.123. The molecule has 15 heavy (non-hydrogen) atoms. The monoisotopic (exact) mass is 205 g/mol. The molecule has 0 unspecified atom stereocenters. The number of primary amides is 1. The van der Waals surface area contributed by atoms with E-state index >= 15 is 0 Å². The minimum absolute atomic E-state index is 0.287. The van der Waals surface area contributed by atoms with Gasteiger partial charge in [-0.1, -0.05) is 6.07 Å². The molecular weight excluding hydrogens is 190 g/mol. The van der Waals surface area contributed by atoms with Crippen LogP contribution in [-0.4, -0.2) is 28.9 Å². The van der Waals surface area contributed by atoms with Crippen molar-refractivity contribution in [1.29, 1.82) is 0 Å². The topological polar surface area (TPSA) is 59.2 Å². The molecule has 2 heterocycles. The normalized spacial score (nSPS) is 18.9. The van der Waals surface area contributed by atoms with Gasteiger partial charge in [0.25, 0.3) is 0 Å². The van der Waals surface area contributed by atoms with Crippen molar-refractivity contribution in [1.82, 2.24) is 9.88 Å². The summed E-state index contributed by atoms with van der Waals surface area (Å²) in [6.07, 6.45) is 5.70. The van der Waals surface area contributed by atoms with Gasteiger partial charge in [-0.3, -0.25) is 14.7 Å². The maximum Gasteiger partial charge on any atom is 0.239 e. The van der Waals surface area contributed by atoms with Gasteiger partial charge in [0.1, 0.15) is 6.04 Å². The van der Waals surface area contributed by atoms with Gasteiger partial charge in [0.2, 0.25) is 5.91 Å². The molecule has 2 rings (SSSR count). The van der Waals surface area contributed by atoms with E-state index in [1.165, 1.54) is 0 Å². The molecule has 1 saturated heterocycles. The lowest BCUT2D eigenvalue weighted by atomic mass is 10.1. The van der Waals surface area contributed by atoms with Crippen LogP contribution in [0.25, 0.3) is 0 Å². The quantitative estimate of drug-likeness (QED) is 0.790. The first-order chi connectivity index (χ1) is 7.29. The van der Waals surface area contributed by atoms with Crippen LogP contribution < -0.4 is 5.73 Å². The molecule has 4 nitrogen and oxygen atoms in total. The number of nitrogens with zero attached hydrogens (tertiary/aromatic N) is 2. The van der Waals surface area contributed by atoms with Crippen LogP contribution in [-0.2, 0) is 4.79 Å². The van der Waals surface area contributed by atoms with Crippen molar-refractivity contribution in [3.05, 3.63) is 30.1 Å². The lowest BCUT2D eigenvalue weighted by Gasteiger charge is -2.24.